The number of unbranched alkanes of at least 4 members (excludes halogenated alkanes) is 2. The first kappa shape index (κ1) is 35.5. The van der Waals surface area contributed by atoms with E-state index in [9.17, 15) is 14.3 Å². The molecule has 0 aliphatic rings. The van der Waals surface area contributed by atoms with Gasteiger partial charge in [-0.15, -0.1) is 0 Å². The second-order valence-corrected chi connectivity index (χ2v) is 10.1. The predicted octanol–water partition coefficient (Wildman–Crippen LogP) is 7.82. The standard InChI is InChI=1S/C16H35O4P.C10H12O2.Ni/c1-5-9-11-15(7-3)13-19-21(17,18)20-14-16(8-4)12-10-6-2;1-2-9(10(11)12)8-6-4-3-5-7-8;/h15-16H,5-14H2,1-4H3,(H,17,18);3-7,9H,2H2,1H3,(H,11,12);. The van der Waals surface area contributed by atoms with E-state index in [1.54, 1.807) is 0 Å². The van der Waals surface area contributed by atoms with Gasteiger partial charge >= 0.3 is 13.8 Å². The maximum Gasteiger partial charge on any atom is 0.472 e. The molecular weight excluding hydrogens is 498 g/mol. The second-order valence-electron chi connectivity index (χ2n) is 8.60. The minimum Gasteiger partial charge on any atom is -0.481 e. The molecule has 0 saturated heterocycles. The molecule has 2 N–H and O–H groups in total. The molecule has 1 rings (SSSR count). The molecule has 0 saturated carbocycles. The Labute approximate surface area is 217 Å². The quantitative estimate of drug-likeness (QED) is 0.153. The van der Waals surface area contributed by atoms with Gasteiger partial charge < -0.3 is 10.00 Å². The van der Waals surface area contributed by atoms with Gasteiger partial charge in [-0.2, -0.15) is 0 Å². The van der Waals surface area contributed by atoms with E-state index in [1.165, 1.54) is 0 Å². The molecule has 0 aliphatic carbocycles. The van der Waals surface area contributed by atoms with Crippen LogP contribution in [0.25, 0.3) is 0 Å². The SMILES string of the molecule is CCC(C(=O)O)c1ccccc1.CCCCC(CC)COP(=O)(O)OCC(CC)CCCC.[Ni]. The van der Waals surface area contributed by atoms with Crippen molar-refractivity contribution in [2.45, 2.75) is 98.3 Å². The Balaban J connectivity index is 0. The van der Waals surface area contributed by atoms with Gasteiger partial charge in [-0.25, -0.2) is 4.57 Å². The van der Waals surface area contributed by atoms with E-state index in [0.717, 1.165) is 56.9 Å². The van der Waals surface area contributed by atoms with Gasteiger partial charge in [0.25, 0.3) is 0 Å². The van der Waals surface area contributed by atoms with Gasteiger partial charge in [0.15, 0.2) is 0 Å². The average Bonchev–Trinajstić information content (AvgIpc) is 2.81. The third-order valence-electron chi connectivity index (χ3n) is 5.94. The molecule has 0 radical (unpaired) electrons. The minimum absolute atomic E-state index is 0. The predicted molar refractivity (Wildman–Crippen MR) is 135 cm³/mol. The van der Waals surface area contributed by atoms with Gasteiger partial charge in [-0.05, 0) is 36.7 Å². The summed E-state index contributed by atoms with van der Waals surface area (Å²) in [5.74, 6) is -0.415. The van der Waals surface area contributed by atoms with Crippen molar-refractivity contribution >= 4 is 13.8 Å². The van der Waals surface area contributed by atoms with Gasteiger partial charge in [-0.1, -0.05) is 103 Å². The van der Waals surface area contributed by atoms with Crippen LogP contribution >= 0.6 is 7.82 Å². The first-order valence-electron chi connectivity index (χ1n) is 12.6. The summed E-state index contributed by atoms with van der Waals surface area (Å²) >= 11 is 0. The Morgan fingerprint density at radius 3 is 1.62 bits per heavy atom. The Kier molecular flexibility index (Phi) is 22.5. The number of rotatable bonds is 17. The van der Waals surface area contributed by atoms with E-state index < -0.39 is 13.8 Å². The Hall–Kier alpha value is -0.706. The number of hydrogen-bond acceptors (Lipinski definition) is 4. The Morgan fingerprint density at radius 2 is 1.29 bits per heavy atom. The normalized spacial score (nSPS) is 15.1. The Morgan fingerprint density at radius 1 is 0.853 bits per heavy atom. The van der Waals surface area contributed by atoms with E-state index in [4.69, 9.17) is 14.2 Å². The summed E-state index contributed by atoms with van der Waals surface area (Å²) < 4.78 is 22.2. The number of hydrogen-bond donors (Lipinski definition) is 2. The number of benzene rings is 1. The van der Waals surface area contributed by atoms with Crippen molar-refractivity contribution in [3.8, 4) is 0 Å². The smallest absolute Gasteiger partial charge is 0.472 e. The van der Waals surface area contributed by atoms with E-state index in [2.05, 4.69) is 27.7 Å². The van der Waals surface area contributed by atoms with E-state index in [-0.39, 0.29) is 22.4 Å². The van der Waals surface area contributed by atoms with E-state index in [0.29, 0.717) is 31.5 Å². The maximum absolute atomic E-state index is 11.9. The maximum atomic E-state index is 11.9. The molecule has 0 spiro atoms. The average molecular weight is 545 g/mol. The van der Waals surface area contributed by atoms with Crippen LogP contribution in [0.15, 0.2) is 30.3 Å². The summed E-state index contributed by atoms with van der Waals surface area (Å²) in [7, 11) is -3.89. The first-order chi connectivity index (χ1) is 15.7. The fourth-order valence-electron chi connectivity index (χ4n) is 3.47. The van der Waals surface area contributed by atoms with Gasteiger partial charge in [-0.3, -0.25) is 13.8 Å². The molecule has 3 unspecified atom stereocenters. The number of aliphatic carboxylic acids is 1. The molecule has 202 valence electrons. The molecule has 1 aromatic carbocycles. The zero-order valence-corrected chi connectivity index (χ0v) is 23.6. The van der Waals surface area contributed by atoms with E-state index in [1.807, 2.05) is 37.3 Å². The van der Waals surface area contributed by atoms with Crippen LogP contribution in [0.3, 0.4) is 0 Å². The fraction of sp³-hybridized carbons (Fsp3) is 0.731. The van der Waals surface area contributed by atoms with Crippen molar-refractivity contribution in [1.82, 2.24) is 0 Å². The molecule has 6 nitrogen and oxygen atoms in total. The topological polar surface area (TPSA) is 93.1 Å². The molecular formula is C26H47NiO6P. The van der Waals surface area contributed by atoms with Crippen LogP contribution in [0.5, 0.6) is 0 Å². The molecule has 0 heterocycles. The first-order valence-corrected chi connectivity index (χ1v) is 14.1. The van der Waals surface area contributed by atoms with E-state index >= 15 is 0 Å². The number of phosphoric ester groups is 1. The molecule has 0 amide bonds. The van der Waals surface area contributed by atoms with Gasteiger partial charge in [0, 0.05) is 16.5 Å². The third kappa shape index (κ3) is 16.8. The van der Waals surface area contributed by atoms with Crippen molar-refractivity contribution < 1.29 is 44.9 Å². The fourth-order valence-corrected chi connectivity index (χ4v) is 4.34. The number of carbonyl (C=O) groups is 1. The summed E-state index contributed by atoms with van der Waals surface area (Å²) in [5.41, 5.74) is 0.882. The summed E-state index contributed by atoms with van der Waals surface area (Å²) in [4.78, 5) is 20.5. The summed E-state index contributed by atoms with van der Waals surface area (Å²) in [5, 5.41) is 8.83. The van der Waals surface area contributed by atoms with Crippen molar-refractivity contribution in [1.29, 1.82) is 0 Å². The summed E-state index contributed by atoms with van der Waals surface area (Å²) in [6.45, 7) is 11.0. The zero-order valence-electron chi connectivity index (χ0n) is 21.7. The van der Waals surface area contributed by atoms with Crippen LogP contribution in [0, 0.1) is 11.8 Å². The van der Waals surface area contributed by atoms with Crippen molar-refractivity contribution in [2.24, 2.45) is 11.8 Å². The van der Waals surface area contributed by atoms with Crippen LogP contribution < -0.4 is 0 Å². The van der Waals surface area contributed by atoms with Crippen LogP contribution in [0.4, 0.5) is 0 Å². The van der Waals surface area contributed by atoms with Crippen LogP contribution in [-0.4, -0.2) is 29.2 Å². The monoisotopic (exact) mass is 544 g/mol. The third-order valence-corrected chi connectivity index (χ3v) is 6.89. The number of phosphoric acid groups is 1. The van der Waals surface area contributed by atoms with Crippen molar-refractivity contribution in [3.05, 3.63) is 35.9 Å². The number of carboxylic acids is 1. The van der Waals surface area contributed by atoms with Gasteiger partial charge in [0.1, 0.15) is 0 Å². The zero-order chi connectivity index (χ0) is 25.1. The largest absolute Gasteiger partial charge is 0.481 e. The van der Waals surface area contributed by atoms with Gasteiger partial charge in [0.05, 0.1) is 19.1 Å². The van der Waals surface area contributed by atoms with Crippen LogP contribution in [-0.2, 0) is 34.9 Å². The summed E-state index contributed by atoms with van der Waals surface area (Å²) in [6.07, 6.45) is 9.20. The summed E-state index contributed by atoms with van der Waals surface area (Å²) in [6, 6.07) is 9.31. The number of carboxylic acid groups (broad SMARTS) is 1. The molecule has 8 heteroatoms. The van der Waals surface area contributed by atoms with Crippen molar-refractivity contribution in [3.63, 3.8) is 0 Å². The molecule has 34 heavy (non-hydrogen) atoms. The molecule has 0 fully saturated rings. The Bertz CT molecular complexity index is 634. The molecule has 0 aromatic heterocycles. The molecule has 0 aliphatic heterocycles. The second kappa shape index (κ2) is 21.6. The van der Waals surface area contributed by atoms with Gasteiger partial charge in [0.2, 0.25) is 0 Å². The van der Waals surface area contributed by atoms with Crippen LogP contribution in [0.1, 0.15) is 104 Å². The molecule has 3 atom stereocenters. The molecule has 1 aromatic rings. The minimum atomic E-state index is -3.89. The molecule has 0 bridgehead atoms. The van der Waals surface area contributed by atoms with Crippen molar-refractivity contribution in [2.75, 3.05) is 13.2 Å². The van der Waals surface area contributed by atoms with Crippen LogP contribution in [0.2, 0.25) is 0 Å².